The smallest absolute Gasteiger partial charge is 0.115 e. The Bertz CT molecular complexity index is 281. The molecule has 1 rings (SSSR count). The average Bonchev–Trinajstić information content (AvgIpc) is 2.32. The number of aromatic hydroxyl groups is 1. The van der Waals surface area contributed by atoms with Crippen molar-refractivity contribution in [1.82, 2.24) is 5.32 Å². The van der Waals surface area contributed by atoms with Crippen LogP contribution in [0.2, 0.25) is 0 Å². The maximum absolute atomic E-state index is 9.18. The number of hydrogen-bond donors (Lipinski definition) is 2. The highest BCUT2D eigenvalue weighted by Gasteiger charge is 2.04. The van der Waals surface area contributed by atoms with E-state index in [1.807, 2.05) is 12.1 Å². The molecule has 0 saturated carbocycles. The average molecular weight is 221 g/mol. The molecule has 0 radical (unpaired) electrons. The summed E-state index contributed by atoms with van der Waals surface area (Å²) in [6.07, 6.45) is 4.62. The van der Waals surface area contributed by atoms with E-state index in [0.29, 0.717) is 11.8 Å². The molecule has 0 aliphatic heterocycles. The molecule has 0 aliphatic rings. The fourth-order valence-electron chi connectivity index (χ4n) is 1.80. The summed E-state index contributed by atoms with van der Waals surface area (Å²) in [5.74, 6) is 0.347. The largest absolute Gasteiger partial charge is 0.508 e. The number of aryl methyl sites for hydroxylation is 1. The Morgan fingerprint density at radius 2 is 1.88 bits per heavy atom. The van der Waals surface area contributed by atoms with Crippen LogP contribution in [-0.4, -0.2) is 17.7 Å². The summed E-state index contributed by atoms with van der Waals surface area (Å²) in [5, 5.41) is 12.7. The molecule has 0 bridgehead atoms. The van der Waals surface area contributed by atoms with Gasteiger partial charge < -0.3 is 10.4 Å². The van der Waals surface area contributed by atoms with Gasteiger partial charge in [-0.1, -0.05) is 26.0 Å². The molecule has 0 aromatic heterocycles. The third-order valence-corrected chi connectivity index (χ3v) is 2.89. The van der Waals surface area contributed by atoms with Gasteiger partial charge in [-0.05, 0) is 49.9 Å². The maximum Gasteiger partial charge on any atom is 0.115 e. The van der Waals surface area contributed by atoms with Crippen molar-refractivity contribution in [2.75, 3.05) is 6.54 Å². The van der Waals surface area contributed by atoms with Crippen molar-refractivity contribution in [1.29, 1.82) is 0 Å². The molecule has 0 aliphatic carbocycles. The minimum Gasteiger partial charge on any atom is -0.508 e. The molecule has 16 heavy (non-hydrogen) atoms. The molecule has 1 atom stereocenters. The first-order chi connectivity index (χ1) is 7.76. The van der Waals surface area contributed by atoms with Crippen molar-refractivity contribution in [2.45, 2.75) is 45.6 Å². The van der Waals surface area contributed by atoms with Crippen LogP contribution >= 0.6 is 0 Å². The van der Waals surface area contributed by atoms with Crippen LogP contribution in [0.5, 0.6) is 5.75 Å². The summed E-state index contributed by atoms with van der Waals surface area (Å²) in [4.78, 5) is 0. The molecule has 0 saturated heterocycles. The minimum absolute atomic E-state index is 0.347. The topological polar surface area (TPSA) is 32.3 Å². The van der Waals surface area contributed by atoms with Gasteiger partial charge >= 0.3 is 0 Å². The quantitative estimate of drug-likeness (QED) is 0.741. The van der Waals surface area contributed by atoms with Crippen LogP contribution in [0.15, 0.2) is 24.3 Å². The minimum atomic E-state index is 0.347. The van der Waals surface area contributed by atoms with Crippen molar-refractivity contribution in [3.8, 4) is 5.75 Å². The van der Waals surface area contributed by atoms with Gasteiger partial charge in [0.15, 0.2) is 0 Å². The highest BCUT2D eigenvalue weighted by atomic mass is 16.3. The van der Waals surface area contributed by atoms with E-state index in [0.717, 1.165) is 13.0 Å². The Morgan fingerprint density at radius 3 is 2.44 bits per heavy atom. The zero-order valence-corrected chi connectivity index (χ0v) is 10.4. The molecule has 0 amide bonds. The number of phenolic OH excluding ortho intramolecular Hbond substituents is 1. The summed E-state index contributed by atoms with van der Waals surface area (Å²) in [5.41, 5.74) is 1.30. The molecule has 0 spiro atoms. The first-order valence-corrected chi connectivity index (χ1v) is 6.27. The van der Waals surface area contributed by atoms with Crippen LogP contribution in [0, 0.1) is 0 Å². The van der Waals surface area contributed by atoms with Gasteiger partial charge in [-0.2, -0.15) is 0 Å². The number of nitrogens with one attached hydrogen (secondary N) is 1. The first-order valence-electron chi connectivity index (χ1n) is 6.27. The zero-order valence-electron chi connectivity index (χ0n) is 10.4. The Labute approximate surface area is 98.7 Å². The van der Waals surface area contributed by atoms with E-state index in [4.69, 9.17) is 0 Å². The van der Waals surface area contributed by atoms with Crippen molar-refractivity contribution >= 4 is 0 Å². The van der Waals surface area contributed by atoms with Crippen LogP contribution < -0.4 is 5.32 Å². The van der Waals surface area contributed by atoms with E-state index >= 15 is 0 Å². The van der Waals surface area contributed by atoms with E-state index in [1.54, 1.807) is 12.1 Å². The molecule has 2 heteroatoms. The highest BCUT2D eigenvalue weighted by Crippen LogP contribution is 2.12. The van der Waals surface area contributed by atoms with E-state index in [-0.39, 0.29) is 0 Å². The molecule has 1 unspecified atom stereocenters. The molecule has 2 N–H and O–H groups in total. The van der Waals surface area contributed by atoms with Gasteiger partial charge in [0.2, 0.25) is 0 Å². The number of rotatable bonds is 7. The van der Waals surface area contributed by atoms with Gasteiger partial charge in [0.25, 0.3) is 0 Å². The molecular weight excluding hydrogens is 198 g/mol. The molecule has 2 nitrogen and oxygen atoms in total. The maximum atomic E-state index is 9.18. The summed E-state index contributed by atoms with van der Waals surface area (Å²) in [6, 6.07) is 8.14. The molecule has 1 aromatic carbocycles. The normalized spacial score (nSPS) is 12.6. The second-order valence-electron chi connectivity index (χ2n) is 4.26. The molecule has 1 aromatic rings. The molecule has 0 fully saturated rings. The van der Waals surface area contributed by atoms with E-state index in [1.165, 1.54) is 24.8 Å². The van der Waals surface area contributed by atoms with Crippen LogP contribution in [0.3, 0.4) is 0 Å². The summed E-state index contributed by atoms with van der Waals surface area (Å²) >= 11 is 0. The van der Waals surface area contributed by atoms with Crippen molar-refractivity contribution < 1.29 is 5.11 Å². The lowest BCUT2D eigenvalue weighted by atomic mass is 10.0. The SMILES string of the molecule is CCCNC(CC)CCc1ccc(O)cc1. The van der Waals surface area contributed by atoms with Crippen LogP contribution in [0.25, 0.3) is 0 Å². The monoisotopic (exact) mass is 221 g/mol. The fourth-order valence-corrected chi connectivity index (χ4v) is 1.80. The van der Waals surface area contributed by atoms with Crippen molar-refractivity contribution in [3.05, 3.63) is 29.8 Å². The summed E-state index contributed by atoms with van der Waals surface area (Å²) in [7, 11) is 0. The van der Waals surface area contributed by atoms with E-state index in [2.05, 4.69) is 19.2 Å². The molecular formula is C14H23NO. The zero-order chi connectivity index (χ0) is 11.8. The molecule has 90 valence electrons. The number of hydrogen-bond acceptors (Lipinski definition) is 2. The van der Waals surface area contributed by atoms with Gasteiger partial charge in [0.05, 0.1) is 0 Å². The summed E-state index contributed by atoms with van der Waals surface area (Å²) in [6.45, 7) is 5.53. The third-order valence-electron chi connectivity index (χ3n) is 2.89. The van der Waals surface area contributed by atoms with Gasteiger partial charge in [-0.15, -0.1) is 0 Å². The second kappa shape index (κ2) is 7.29. The molecule has 0 heterocycles. The van der Waals surface area contributed by atoms with Gasteiger partial charge in [0.1, 0.15) is 5.75 Å². The van der Waals surface area contributed by atoms with E-state index in [9.17, 15) is 5.11 Å². The Hall–Kier alpha value is -1.02. The highest BCUT2D eigenvalue weighted by molar-refractivity contribution is 5.25. The predicted octanol–water partition coefficient (Wildman–Crippen LogP) is 3.10. The van der Waals surface area contributed by atoms with Gasteiger partial charge in [-0.3, -0.25) is 0 Å². The van der Waals surface area contributed by atoms with Crippen LogP contribution in [0.1, 0.15) is 38.7 Å². The fraction of sp³-hybridized carbons (Fsp3) is 0.571. The van der Waals surface area contributed by atoms with Gasteiger partial charge in [-0.25, -0.2) is 0 Å². The Kier molecular flexibility index (Phi) is 5.94. The first kappa shape index (κ1) is 13.0. The van der Waals surface area contributed by atoms with Crippen molar-refractivity contribution in [2.24, 2.45) is 0 Å². The number of phenols is 1. The van der Waals surface area contributed by atoms with Crippen molar-refractivity contribution in [3.63, 3.8) is 0 Å². The Balaban J connectivity index is 2.34. The standard InChI is InChI=1S/C14H23NO/c1-3-11-15-13(4-2)8-5-12-6-9-14(16)10-7-12/h6-7,9-10,13,15-16H,3-5,8,11H2,1-2H3. The summed E-state index contributed by atoms with van der Waals surface area (Å²) < 4.78 is 0. The lowest BCUT2D eigenvalue weighted by Gasteiger charge is -2.16. The van der Waals surface area contributed by atoms with E-state index < -0.39 is 0 Å². The lowest BCUT2D eigenvalue weighted by molar-refractivity contribution is 0.466. The predicted molar refractivity (Wildman–Crippen MR) is 68.8 cm³/mol. The number of benzene rings is 1. The lowest BCUT2D eigenvalue weighted by Crippen LogP contribution is -2.29. The van der Waals surface area contributed by atoms with Crippen LogP contribution in [0.4, 0.5) is 0 Å². The van der Waals surface area contributed by atoms with Gasteiger partial charge in [0, 0.05) is 6.04 Å². The second-order valence-corrected chi connectivity index (χ2v) is 4.26. The van der Waals surface area contributed by atoms with Crippen LogP contribution in [-0.2, 0) is 6.42 Å². The third kappa shape index (κ3) is 4.67. The Morgan fingerprint density at radius 1 is 1.19 bits per heavy atom.